The van der Waals surface area contributed by atoms with E-state index >= 15 is 0 Å². The fourth-order valence-electron chi connectivity index (χ4n) is 2.96. The lowest BCUT2D eigenvalue weighted by molar-refractivity contribution is 0.189. The summed E-state index contributed by atoms with van der Waals surface area (Å²) < 4.78 is 0. The van der Waals surface area contributed by atoms with Gasteiger partial charge in [0.05, 0.1) is 0 Å². The van der Waals surface area contributed by atoms with Crippen LogP contribution in [-0.2, 0) is 0 Å². The summed E-state index contributed by atoms with van der Waals surface area (Å²) in [7, 11) is 0. The molecular weight excluding hydrogens is 192 g/mol. The quantitative estimate of drug-likeness (QED) is 0.671. The molecule has 1 aliphatic carbocycles. The molecule has 1 saturated heterocycles. The minimum Gasteiger partial charge on any atom is -0.363 e. The highest BCUT2D eigenvalue weighted by atomic mass is 32.1. The summed E-state index contributed by atoms with van der Waals surface area (Å²) in [5, 5.41) is 4.28. The van der Waals surface area contributed by atoms with E-state index in [1.165, 1.54) is 38.6 Å². The average molecular weight is 212 g/mol. The normalized spacial score (nSPS) is 31.4. The molecule has 1 heterocycles. The topological polar surface area (TPSA) is 15.3 Å². The number of piperidine rings is 1. The van der Waals surface area contributed by atoms with Crippen LogP contribution in [-0.4, -0.2) is 29.1 Å². The van der Waals surface area contributed by atoms with E-state index in [0.717, 1.165) is 23.6 Å². The predicted octanol–water partition coefficient (Wildman–Crippen LogP) is 2.15. The van der Waals surface area contributed by atoms with Crippen LogP contribution in [0.2, 0.25) is 0 Å². The fourth-order valence-corrected chi connectivity index (χ4v) is 3.33. The van der Waals surface area contributed by atoms with Crippen molar-refractivity contribution in [1.82, 2.24) is 10.2 Å². The molecule has 0 aromatic heterocycles. The summed E-state index contributed by atoms with van der Waals surface area (Å²) >= 11 is 5.41. The van der Waals surface area contributed by atoms with Crippen LogP contribution in [0.4, 0.5) is 0 Å². The Kier molecular flexibility index (Phi) is 3.26. The van der Waals surface area contributed by atoms with Crippen molar-refractivity contribution in [3.8, 4) is 0 Å². The zero-order chi connectivity index (χ0) is 9.97. The molecule has 2 aliphatic rings. The lowest BCUT2D eigenvalue weighted by atomic mass is 9.92. The zero-order valence-electron chi connectivity index (χ0n) is 8.96. The maximum atomic E-state index is 5.41. The first-order valence-electron chi connectivity index (χ1n) is 5.87. The Morgan fingerprint density at radius 3 is 2.93 bits per heavy atom. The smallest absolute Gasteiger partial charge is 0.169 e. The van der Waals surface area contributed by atoms with E-state index in [-0.39, 0.29) is 0 Å². The standard InChI is InChI=1S/C11H20N2S/c1-2-12-11(14)13-8-4-6-9-5-3-7-10(9)13/h9-10H,2-8H2,1H3,(H,12,14). The molecule has 1 saturated carbocycles. The van der Waals surface area contributed by atoms with Crippen LogP contribution >= 0.6 is 12.2 Å². The molecule has 0 bridgehead atoms. The molecule has 1 aliphatic heterocycles. The molecule has 2 fully saturated rings. The summed E-state index contributed by atoms with van der Waals surface area (Å²) in [4.78, 5) is 2.44. The molecule has 0 aromatic rings. The van der Waals surface area contributed by atoms with Crippen LogP contribution < -0.4 is 5.32 Å². The molecule has 0 amide bonds. The second-order valence-corrected chi connectivity index (χ2v) is 4.82. The van der Waals surface area contributed by atoms with Crippen molar-refractivity contribution in [2.75, 3.05) is 13.1 Å². The van der Waals surface area contributed by atoms with Crippen LogP contribution in [0, 0.1) is 5.92 Å². The SMILES string of the molecule is CCNC(=S)N1CCCC2CCCC21. The van der Waals surface area contributed by atoms with Crippen LogP contribution in [0.5, 0.6) is 0 Å². The maximum absolute atomic E-state index is 5.41. The molecule has 2 nitrogen and oxygen atoms in total. The van der Waals surface area contributed by atoms with Crippen molar-refractivity contribution >= 4 is 17.3 Å². The molecule has 0 spiro atoms. The second-order valence-electron chi connectivity index (χ2n) is 4.43. The van der Waals surface area contributed by atoms with Gasteiger partial charge in [0.15, 0.2) is 5.11 Å². The van der Waals surface area contributed by atoms with Crippen LogP contribution in [0.15, 0.2) is 0 Å². The number of hydrogen-bond donors (Lipinski definition) is 1. The first-order chi connectivity index (χ1) is 6.83. The van der Waals surface area contributed by atoms with E-state index in [9.17, 15) is 0 Å². The third-order valence-corrected chi connectivity index (χ3v) is 3.96. The molecule has 2 atom stereocenters. The molecule has 1 N–H and O–H groups in total. The van der Waals surface area contributed by atoms with Crippen LogP contribution in [0.3, 0.4) is 0 Å². The lowest BCUT2D eigenvalue weighted by Gasteiger charge is -2.39. The van der Waals surface area contributed by atoms with Crippen molar-refractivity contribution in [2.45, 2.75) is 45.1 Å². The Morgan fingerprint density at radius 1 is 1.36 bits per heavy atom. The summed E-state index contributed by atoms with van der Waals surface area (Å²) in [5.41, 5.74) is 0. The third-order valence-electron chi connectivity index (χ3n) is 3.58. The number of thiocarbonyl (C=S) groups is 1. The van der Waals surface area contributed by atoms with E-state index in [2.05, 4.69) is 17.1 Å². The Balaban J connectivity index is 1.99. The van der Waals surface area contributed by atoms with Gasteiger partial charge < -0.3 is 10.2 Å². The van der Waals surface area contributed by atoms with E-state index in [0.29, 0.717) is 0 Å². The largest absolute Gasteiger partial charge is 0.363 e. The van der Waals surface area contributed by atoms with E-state index in [1.807, 2.05) is 0 Å². The minimum atomic E-state index is 0.760. The molecule has 80 valence electrons. The number of rotatable bonds is 1. The number of likely N-dealkylation sites (tertiary alicyclic amines) is 1. The second kappa shape index (κ2) is 4.47. The van der Waals surface area contributed by atoms with Crippen molar-refractivity contribution < 1.29 is 0 Å². The Bertz CT molecular complexity index is 217. The number of fused-ring (bicyclic) bond motifs is 1. The van der Waals surface area contributed by atoms with Gasteiger partial charge in [0.25, 0.3) is 0 Å². The van der Waals surface area contributed by atoms with Gasteiger partial charge in [-0.15, -0.1) is 0 Å². The van der Waals surface area contributed by atoms with Gasteiger partial charge in [-0.3, -0.25) is 0 Å². The highest BCUT2D eigenvalue weighted by Crippen LogP contribution is 2.36. The number of nitrogens with zero attached hydrogens (tertiary/aromatic N) is 1. The Labute approximate surface area is 92.0 Å². The highest BCUT2D eigenvalue weighted by molar-refractivity contribution is 7.80. The molecular formula is C11H20N2S. The Hall–Kier alpha value is -0.310. The molecule has 3 heteroatoms. The number of nitrogens with one attached hydrogen (secondary N) is 1. The third kappa shape index (κ3) is 1.88. The Morgan fingerprint density at radius 2 is 2.14 bits per heavy atom. The minimum absolute atomic E-state index is 0.760. The molecule has 2 unspecified atom stereocenters. The van der Waals surface area contributed by atoms with Crippen molar-refractivity contribution in [3.63, 3.8) is 0 Å². The molecule has 0 radical (unpaired) electrons. The molecule has 14 heavy (non-hydrogen) atoms. The van der Waals surface area contributed by atoms with Gasteiger partial charge in [-0.05, 0) is 50.7 Å². The summed E-state index contributed by atoms with van der Waals surface area (Å²) in [6.45, 7) is 4.24. The van der Waals surface area contributed by atoms with Gasteiger partial charge in [0, 0.05) is 19.1 Å². The van der Waals surface area contributed by atoms with Crippen molar-refractivity contribution in [3.05, 3.63) is 0 Å². The summed E-state index contributed by atoms with van der Waals surface area (Å²) in [5.74, 6) is 0.931. The van der Waals surface area contributed by atoms with E-state index < -0.39 is 0 Å². The van der Waals surface area contributed by atoms with Gasteiger partial charge in [0.1, 0.15) is 0 Å². The first-order valence-corrected chi connectivity index (χ1v) is 6.28. The number of hydrogen-bond acceptors (Lipinski definition) is 1. The van der Waals surface area contributed by atoms with Gasteiger partial charge in [-0.25, -0.2) is 0 Å². The van der Waals surface area contributed by atoms with Crippen molar-refractivity contribution in [2.24, 2.45) is 5.92 Å². The van der Waals surface area contributed by atoms with E-state index in [4.69, 9.17) is 12.2 Å². The van der Waals surface area contributed by atoms with Gasteiger partial charge in [-0.2, -0.15) is 0 Å². The molecule has 0 aromatic carbocycles. The van der Waals surface area contributed by atoms with E-state index in [1.54, 1.807) is 0 Å². The lowest BCUT2D eigenvalue weighted by Crippen LogP contribution is -2.50. The van der Waals surface area contributed by atoms with Gasteiger partial charge in [-0.1, -0.05) is 6.42 Å². The van der Waals surface area contributed by atoms with Crippen LogP contribution in [0.25, 0.3) is 0 Å². The monoisotopic (exact) mass is 212 g/mol. The highest BCUT2D eigenvalue weighted by Gasteiger charge is 2.35. The van der Waals surface area contributed by atoms with Crippen LogP contribution in [0.1, 0.15) is 39.0 Å². The van der Waals surface area contributed by atoms with Gasteiger partial charge >= 0.3 is 0 Å². The molecule has 2 rings (SSSR count). The maximum Gasteiger partial charge on any atom is 0.169 e. The summed E-state index contributed by atoms with van der Waals surface area (Å²) in [6, 6.07) is 0.760. The summed E-state index contributed by atoms with van der Waals surface area (Å²) in [6.07, 6.45) is 6.94. The predicted molar refractivity (Wildman–Crippen MR) is 63.3 cm³/mol. The van der Waals surface area contributed by atoms with Gasteiger partial charge in [0.2, 0.25) is 0 Å². The fraction of sp³-hybridized carbons (Fsp3) is 0.909. The average Bonchev–Trinajstić information content (AvgIpc) is 2.65. The zero-order valence-corrected chi connectivity index (χ0v) is 9.78. The first kappa shape index (κ1) is 10.2. The van der Waals surface area contributed by atoms with Crippen molar-refractivity contribution in [1.29, 1.82) is 0 Å².